The van der Waals surface area contributed by atoms with Crippen molar-refractivity contribution in [1.29, 1.82) is 0 Å². The predicted molar refractivity (Wildman–Crippen MR) is 53.0 cm³/mol. The summed E-state index contributed by atoms with van der Waals surface area (Å²) in [6.45, 7) is 1.88. The van der Waals surface area contributed by atoms with Crippen molar-refractivity contribution < 1.29 is 9.90 Å². The highest BCUT2D eigenvalue weighted by Crippen LogP contribution is 2.36. The molecule has 1 heterocycles. The smallest absolute Gasteiger partial charge is 0.335 e. The third-order valence-corrected chi connectivity index (χ3v) is 2.52. The Morgan fingerprint density at radius 1 is 1.46 bits per heavy atom. The fourth-order valence-corrected chi connectivity index (χ4v) is 1.95. The summed E-state index contributed by atoms with van der Waals surface area (Å²) in [7, 11) is 0. The molecule has 0 unspecified atom stereocenters. The molecule has 0 fully saturated rings. The van der Waals surface area contributed by atoms with Crippen molar-refractivity contribution in [1.82, 2.24) is 0 Å². The van der Waals surface area contributed by atoms with E-state index in [-0.39, 0.29) is 0 Å². The summed E-state index contributed by atoms with van der Waals surface area (Å²) in [5.41, 5.74) is 3.05. The van der Waals surface area contributed by atoms with Gasteiger partial charge in [0, 0.05) is 0 Å². The highest BCUT2D eigenvalue weighted by Gasteiger charge is 2.15. The maximum Gasteiger partial charge on any atom is 0.335 e. The average molecular weight is 196 g/mol. The van der Waals surface area contributed by atoms with E-state index in [4.69, 9.17) is 5.11 Å². The van der Waals surface area contributed by atoms with E-state index in [9.17, 15) is 4.79 Å². The number of benzene rings is 1. The maximum atomic E-state index is 10.7. The number of aromatic carboxylic acids is 1. The Kier molecular flexibility index (Phi) is 1.81. The second-order valence-electron chi connectivity index (χ2n) is 2.83. The number of hydrogen-bond donors (Lipinski definition) is 3. The zero-order chi connectivity index (χ0) is 9.42. The lowest BCUT2D eigenvalue weighted by atomic mass is 10.1. The molecule has 0 saturated carbocycles. The molecule has 1 aliphatic heterocycles. The first-order chi connectivity index (χ1) is 6.18. The molecular weight excluding hydrogens is 188 g/mol. The fourth-order valence-electron chi connectivity index (χ4n) is 1.26. The van der Waals surface area contributed by atoms with Gasteiger partial charge in [0.25, 0.3) is 0 Å². The van der Waals surface area contributed by atoms with Crippen LogP contribution in [0.3, 0.4) is 0 Å². The van der Waals surface area contributed by atoms with Crippen LogP contribution < -0.4 is 9.44 Å². The molecule has 0 saturated heterocycles. The zero-order valence-corrected chi connectivity index (χ0v) is 7.73. The van der Waals surface area contributed by atoms with Gasteiger partial charge in [-0.25, -0.2) is 4.79 Å². The minimum atomic E-state index is -0.899. The molecule has 0 amide bonds. The number of fused-ring (bicyclic) bond motifs is 1. The molecule has 0 bridgehead atoms. The zero-order valence-electron chi connectivity index (χ0n) is 6.92. The molecule has 1 aromatic rings. The average Bonchev–Trinajstić information content (AvgIpc) is 2.51. The Morgan fingerprint density at radius 3 is 2.92 bits per heavy atom. The van der Waals surface area contributed by atoms with Crippen LogP contribution in [0, 0.1) is 6.92 Å². The molecule has 5 heteroatoms. The highest BCUT2D eigenvalue weighted by molar-refractivity contribution is 8.02. The van der Waals surface area contributed by atoms with Crippen LogP contribution in [-0.4, -0.2) is 11.1 Å². The molecule has 0 aromatic heterocycles. The fraction of sp³-hybridized carbons (Fsp3) is 0.125. The lowest BCUT2D eigenvalue weighted by Gasteiger charge is -2.03. The molecule has 4 nitrogen and oxygen atoms in total. The van der Waals surface area contributed by atoms with Crippen molar-refractivity contribution in [3.63, 3.8) is 0 Å². The molecule has 0 atom stereocenters. The van der Waals surface area contributed by atoms with Gasteiger partial charge >= 0.3 is 5.97 Å². The molecule has 3 N–H and O–H groups in total. The van der Waals surface area contributed by atoms with Gasteiger partial charge in [-0.2, -0.15) is 0 Å². The first-order valence-corrected chi connectivity index (χ1v) is 4.56. The number of carboxylic acid groups (broad SMARTS) is 1. The second-order valence-corrected chi connectivity index (χ2v) is 3.44. The van der Waals surface area contributed by atoms with Gasteiger partial charge in [-0.15, -0.1) is 0 Å². The number of anilines is 2. The summed E-state index contributed by atoms with van der Waals surface area (Å²) in [6.07, 6.45) is 0. The van der Waals surface area contributed by atoms with Crippen molar-refractivity contribution in [2.24, 2.45) is 0 Å². The van der Waals surface area contributed by atoms with Gasteiger partial charge in [0.1, 0.15) is 0 Å². The molecule has 0 aliphatic carbocycles. The van der Waals surface area contributed by atoms with Crippen LogP contribution >= 0.6 is 12.1 Å². The lowest BCUT2D eigenvalue weighted by Crippen LogP contribution is -1.97. The lowest BCUT2D eigenvalue weighted by molar-refractivity contribution is 0.0697. The number of carbonyl (C=O) groups is 1. The van der Waals surface area contributed by atoms with E-state index in [0.29, 0.717) is 5.56 Å². The van der Waals surface area contributed by atoms with Gasteiger partial charge in [-0.05, 0) is 24.6 Å². The third-order valence-electron chi connectivity index (χ3n) is 1.90. The summed E-state index contributed by atoms with van der Waals surface area (Å²) in [6, 6.07) is 3.28. The van der Waals surface area contributed by atoms with Crippen LogP contribution in [0.1, 0.15) is 15.9 Å². The maximum absolute atomic E-state index is 10.7. The van der Waals surface area contributed by atoms with E-state index in [1.807, 2.05) is 6.92 Å². The van der Waals surface area contributed by atoms with E-state index in [1.165, 1.54) is 12.1 Å². The van der Waals surface area contributed by atoms with Gasteiger partial charge in [-0.3, -0.25) is 0 Å². The monoisotopic (exact) mass is 196 g/mol. The number of carboxylic acids is 1. The summed E-state index contributed by atoms with van der Waals surface area (Å²) in [5, 5.41) is 8.79. The Morgan fingerprint density at radius 2 is 2.23 bits per heavy atom. The minimum absolute atomic E-state index is 0.313. The molecule has 2 rings (SSSR count). The molecule has 13 heavy (non-hydrogen) atoms. The van der Waals surface area contributed by atoms with Crippen molar-refractivity contribution in [3.05, 3.63) is 23.3 Å². The number of nitrogens with one attached hydrogen (secondary N) is 2. The van der Waals surface area contributed by atoms with E-state index in [1.54, 1.807) is 12.1 Å². The summed E-state index contributed by atoms with van der Waals surface area (Å²) >= 11 is 1.34. The van der Waals surface area contributed by atoms with Crippen LogP contribution in [-0.2, 0) is 0 Å². The summed E-state index contributed by atoms with van der Waals surface area (Å²) in [4.78, 5) is 10.7. The van der Waals surface area contributed by atoms with Crippen LogP contribution in [0.4, 0.5) is 11.4 Å². The molecular formula is C8H8N2O2S. The Balaban J connectivity index is 2.55. The molecule has 68 valence electrons. The van der Waals surface area contributed by atoms with E-state index >= 15 is 0 Å². The van der Waals surface area contributed by atoms with Crippen molar-refractivity contribution in [2.75, 3.05) is 9.44 Å². The van der Waals surface area contributed by atoms with E-state index in [0.717, 1.165) is 16.9 Å². The van der Waals surface area contributed by atoms with Gasteiger partial charge in [0.15, 0.2) is 0 Å². The van der Waals surface area contributed by atoms with Gasteiger partial charge in [0.05, 0.1) is 29.1 Å². The van der Waals surface area contributed by atoms with Crippen molar-refractivity contribution >= 4 is 29.5 Å². The Hall–Kier alpha value is -1.36. The third kappa shape index (κ3) is 1.31. The Labute approximate surface area is 79.6 Å². The normalized spacial score (nSPS) is 13.0. The van der Waals surface area contributed by atoms with Gasteiger partial charge in [0.2, 0.25) is 0 Å². The predicted octanol–water partition coefficient (Wildman–Crippen LogP) is 2.09. The highest BCUT2D eigenvalue weighted by atomic mass is 32.2. The van der Waals surface area contributed by atoms with Crippen LogP contribution in [0.2, 0.25) is 0 Å². The van der Waals surface area contributed by atoms with Gasteiger partial charge in [-0.1, -0.05) is 0 Å². The second kappa shape index (κ2) is 2.85. The van der Waals surface area contributed by atoms with E-state index < -0.39 is 5.97 Å². The van der Waals surface area contributed by atoms with Crippen molar-refractivity contribution in [2.45, 2.75) is 6.92 Å². The van der Waals surface area contributed by atoms with Crippen LogP contribution in [0.5, 0.6) is 0 Å². The Bertz CT molecular complexity index is 379. The largest absolute Gasteiger partial charge is 0.478 e. The van der Waals surface area contributed by atoms with Crippen LogP contribution in [0.25, 0.3) is 0 Å². The number of rotatable bonds is 1. The van der Waals surface area contributed by atoms with Crippen molar-refractivity contribution in [3.8, 4) is 0 Å². The number of aryl methyl sites for hydroxylation is 1. The SMILES string of the molecule is Cc1cc(C(=O)O)cc2c1NSN2. The molecule has 1 aliphatic rings. The quantitative estimate of drug-likeness (QED) is 0.600. The van der Waals surface area contributed by atoms with Crippen LogP contribution in [0.15, 0.2) is 12.1 Å². The first kappa shape index (κ1) is 8.25. The van der Waals surface area contributed by atoms with Gasteiger partial charge < -0.3 is 14.6 Å². The standard InChI is InChI=1S/C8H8N2O2S/c1-4-2-5(8(11)12)3-6-7(4)10-13-9-6/h2-3,9-10H,1H3,(H,11,12). The molecule has 0 spiro atoms. The molecule has 1 aromatic carbocycles. The van der Waals surface area contributed by atoms with E-state index in [2.05, 4.69) is 9.44 Å². The summed E-state index contributed by atoms with van der Waals surface area (Å²) in [5.74, 6) is -0.899. The summed E-state index contributed by atoms with van der Waals surface area (Å²) < 4.78 is 6.03. The minimum Gasteiger partial charge on any atom is -0.478 e. The topological polar surface area (TPSA) is 61.4 Å². The number of hydrogen-bond acceptors (Lipinski definition) is 4. The first-order valence-electron chi connectivity index (χ1n) is 3.74. The molecule has 0 radical (unpaired) electrons.